The van der Waals surface area contributed by atoms with Crippen molar-refractivity contribution in [3.05, 3.63) is 21.7 Å². The Kier molecular flexibility index (Phi) is 2.58. The Morgan fingerprint density at radius 3 is 2.06 bits per heavy atom. The molecule has 2 rings (SSSR count). The minimum atomic E-state index is -4.47. The highest BCUT2D eigenvalue weighted by molar-refractivity contribution is 7.00. The number of benzene rings is 1. The van der Waals surface area contributed by atoms with Crippen LogP contribution in [-0.2, 0) is 6.18 Å². The molecule has 0 amide bonds. The highest BCUT2D eigenvalue weighted by Gasteiger charge is 2.37. The number of aryl methyl sites for hydroxylation is 2. The molecule has 1 heterocycles. The van der Waals surface area contributed by atoms with Crippen LogP contribution in [0.2, 0.25) is 5.02 Å². The molecule has 0 unspecified atom stereocenters. The Labute approximate surface area is 98.4 Å². The molecule has 0 aliphatic rings. The van der Waals surface area contributed by atoms with Crippen LogP contribution in [0.25, 0.3) is 11.0 Å². The lowest BCUT2D eigenvalue weighted by Gasteiger charge is -2.14. The molecular formula is C9H6ClF3N2S. The second-order valence-corrected chi connectivity index (χ2v) is 4.30. The first-order chi connectivity index (χ1) is 7.34. The van der Waals surface area contributed by atoms with Gasteiger partial charge in [0.2, 0.25) is 0 Å². The molecule has 0 N–H and O–H groups in total. The summed E-state index contributed by atoms with van der Waals surface area (Å²) in [4.78, 5) is 0. The second kappa shape index (κ2) is 3.56. The fraction of sp³-hybridized carbons (Fsp3) is 0.333. The molecule has 0 aliphatic heterocycles. The van der Waals surface area contributed by atoms with Crippen LogP contribution in [0.1, 0.15) is 16.7 Å². The normalized spacial score (nSPS) is 12.4. The molecule has 86 valence electrons. The first-order valence-corrected chi connectivity index (χ1v) is 5.43. The summed E-state index contributed by atoms with van der Waals surface area (Å²) in [5.74, 6) is 0. The van der Waals surface area contributed by atoms with Gasteiger partial charge in [-0.05, 0) is 25.0 Å². The van der Waals surface area contributed by atoms with Gasteiger partial charge in [0.05, 0.1) is 22.3 Å². The number of nitrogens with zero attached hydrogens (tertiary/aromatic N) is 2. The Morgan fingerprint density at radius 1 is 1.06 bits per heavy atom. The zero-order valence-electron chi connectivity index (χ0n) is 8.31. The van der Waals surface area contributed by atoms with Crippen LogP contribution in [0.4, 0.5) is 13.2 Å². The summed E-state index contributed by atoms with van der Waals surface area (Å²) in [6.07, 6.45) is -4.47. The van der Waals surface area contributed by atoms with Crippen molar-refractivity contribution in [2.24, 2.45) is 0 Å². The molecule has 2 nitrogen and oxygen atoms in total. The topological polar surface area (TPSA) is 25.8 Å². The van der Waals surface area contributed by atoms with Crippen LogP contribution >= 0.6 is 23.3 Å². The van der Waals surface area contributed by atoms with E-state index in [2.05, 4.69) is 8.75 Å². The highest BCUT2D eigenvalue weighted by atomic mass is 35.5. The van der Waals surface area contributed by atoms with Crippen molar-refractivity contribution < 1.29 is 13.2 Å². The molecule has 0 fully saturated rings. The second-order valence-electron chi connectivity index (χ2n) is 3.40. The van der Waals surface area contributed by atoms with Gasteiger partial charge in [0, 0.05) is 0 Å². The number of halogens is 4. The molecule has 0 saturated carbocycles. The van der Waals surface area contributed by atoms with E-state index in [1.165, 1.54) is 13.8 Å². The summed E-state index contributed by atoms with van der Waals surface area (Å²) in [6.45, 7) is 2.87. The van der Waals surface area contributed by atoms with E-state index >= 15 is 0 Å². The Balaban J connectivity index is 2.94. The van der Waals surface area contributed by atoms with Gasteiger partial charge in [-0.2, -0.15) is 21.9 Å². The standard InChI is InChI=1S/C9H6ClF3N2S/c1-3-5(9(11,12)13)6(10)4(2)8-7(3)14-16-15-8/h1-2H3. The van der Waals surface area contributed by atoms with Gasteiger partial charge >= 0.3 is 6.18 Å². The van der Waals surface area contributed by atoms with Gasteiger partial charge in [-0.25, -0.2) is 0 Å². The van der Waals surface area contributed by atoms with Gasteiger partial charge in [0.15, 0.2) is 0 Å². The van der Waals surface area contributed by atoms with Crippen LogP contribution in [-0.4, -0.2) is 8.75 Å². The first kappa shape index (κ1) is 11.6. The number of hydrogen-bond donors (Lipinski definition) is 0. The van der Waals surface area contributed by atoms with Gasteiger partial charge in [0.1, 0.15) is 11.0 Å². The number of rotatable bonds is 0. The number of hydrogen-bond acceptors (Lipinski definition) is 3. The van der Waals surface area contributed by atoms with Crippen LogP contribution in [0.5, 0.6) is 0 Å². The lowest BCUT2D eigenvalue weighted by atomic mass is 10.0. The maximum Gasteiger partial charge on any atom is 0.418 e. The summed E-state index contributed by atoms with van der Waals surface area (Å²) in [5.41, 5.74) is 0.266. The van der Waals surface area contributed by atoms with Crippen molar-refractivity contribution in [3.8, 4) is 0 Å². The van der Waals surface area contributed by atoms with Crippen LogP contribution < -0.4 is 0 Å². The SMILES string of the molecule is Cc1c(Cl)c(C(F)(F)F)c(C)c2nsnc12. The zero-order chi connectivity index (χ0) is 12.1. The lowest BCUT2D eigenvalue weighted by molar-refractivity contribution is -0.137. The molecule has 7 heteroatoms. The van der Waals surface area contributed by atoms with E-state index in [-0.39, 0.29) is 16.1 Å². The van der Waals surface area contributed by atoms with Crippen LogP contribution in [0, 0.1) is 13.8 Å². The van der Waals surface area contributed by atoms with Gasteiger partial charge in [-0.3, -0.25) is 0 Å². The van der Waals surface area contributed by atoms with Gasteiger partial charge < -0.3 is 0 Å². The zero-order valence-corrected chi connectivity index (χ0v) is 9.89. The molecule has 0 saturated heterocycles. The molecule has 0 radical (unpaired) electrons. The average molecular weight is 267 g/mol. The summed E-state index contributed by atoms with van der Waals surface area (Å²) in [7, 11) is 0. The summed E-state index contributed by atoms with van der Waals surface area (Å²) in [6, 6.07) is 0. The summed E-state index contributed by atoms with van der Waals surface area (Å²) < 4.78 is 46.2. The van der Waals surface area contributed by atoms with Crippen molar-refractivity contribution in [2.75, 3.05) is 0 Å². The van der Waals surface area contributed by atoms with E-state index < -0.39 is 11.7 Å². The average Bonchev–Trinajstić information content (AvgIpc) is 2.61. The molecular weight excluding hydrogens is 261 g/mol. The number of aromatic nitrogens is 2. The monoisotopic (exact) mass is 266 g/mol. The Morgan fingerprint density at radius 2 is 1.56 bits per heavy atom. The largest absolute Gasteiger partial charge is 0.418 e. The van der Waals surface area contributed by atoms with Crippen molar-refractivity contribution in [2.45, 2.75) is 20.0 Å². The molecule has 1 aromatic heterocycles. The van der Waals surface area contributed by atoms with Crippen molar-refractivity contribution in [1.82, 2.24) is 8.75 Å². The summed E-state index contributed by atoms with van der Waals surface area (Å²) in [5, 5.41) is -0.287. The van der Waals surface area contributed by atoms with E-state index in [0.717, 1.165) is 11.7 Å². The molecule has 0 spiro atoms. The molecule has 1 aromatic carbocycles. The third kappa shape index (κ3) is 1.56. The Hall–Kier alpha value is -0.880. The van der Waals surface area contributed by atoms with E-state index in [4.69, 9.17) is 11.6 Å². The third-order valence-corrected chi connectivity index (χ3v) is 3.41. The maximum absolute atomic E-state index is 12.8. The van der Waals surface area contributed by atoms with Gasteiger partial charge in [-0.1, -0.05) is 11.6 Å². The molecule has 0 aliphatic carbocycles. The lowest BCUT2D eigenvalue weighted by Crippen LogP contribution is -2.10. The fourth-order valence-corrected chi connectivity index (χ4v) is 2.58. The minimum Gasteiger partial charge on any atom is -0.173 e. The van der Waals surface area contributed by atoms with Crippen molar-refractivity contribution in [3.63, 3.8) is 0 Å². The fourth-order valence-electron chi connectivity index (χ4n) is 1.59. The number of fused-ring (bicyclic) bond motifs is 1. The van der Waals surface area contributed by atoms with Crippen LogP contribution in [0.3, 0.4) is 0 Å². The first-order valence-electron chi connectivity index (χ1n) is 4.32. The third-order valence-electron chi connectivity index (χ3n) is 2.41. The summed E-state index contributed by atoms with van der Waals surface area (Å²) >= 11 is 6.62. The highest BCUT2D eigenvalue weighted by Crippen LogP contribution is 2.41. The molecule has 0 atom stereocenters. The smallest absolute Gasteiger partial charge is 0.173 e. The molecule has 16 heavy (non-hydrogen) atoms. The van der Waals surface area contributed by atoms with E-state index in [9.17, 15) is 13.2 Å². The van der Waals surface area contributed by atoms with Crippen LogP contribution in [0.15, 0.2) is 0 Å². The predicted octanol–water partition coefficient (Wildman–Crippen LogP) is 3.98. The van der Waals surface area contributed by atoms with Gasteiger partial charge in [0.25, 0.3) is 0 Å². The maximum atomic E-state index is 12.8. The van der Waals surface area contributed by atoms with E-state index in [1.54, 1.807) is 0 Å². The van der Waals surface area contributed by atoms with Crippen molar-refractivity contribution in [1.29, 1.82) is 0 Å². The van der Waals surface area contributed by atoms with E-state index in [1.807, 2.05) is 0 Å². The molecule has 0 bridgehead atoms. The Bertz CT molecular complexity index is 562. The van der Waals surface area contributed by atoms with E-state index in [0.29, 0.717) is 11.1 Å². The van der Waals surface area contributed by atoms with Gasteiger partial charge in [-0.15, -0.1) is 0 Å². The predicted molar refractivity (Wildman–Crippen MR) is 56.9 cm³/mol. The van der Waals surface area contributed by atoms with Crippen molar-refractivity contribution >= 4 is 34.4 Å². The molecule has 2 aromatic rings. The minimum absolute atomic E-state index is 0.0341. The quantitative estimate of drug-likeness (QED) is 0.721. The number of alkyl halides is 3.